The van der Waals surface area contributed by atoms with Gasteiger partial charge in [-0.05, 0) is 35.7 Å². The van der Waals surface area contributed by atoms with E-state index in [0.29, 0.717) is 22.5 Å². The number of hydrogen-bond donors (Lipinski definition) is 1. The molecule has 0 saturated carbocycles. The van der Waals surface area contributed by atoms with Gasteiger partial charge in [-0.2, -0.15) is 0 Å². The van der Waals surface area contributed by atoms with Gasteiger partial charge in [0.15, 0.2) is 0 Å². The maximum atomic E-state index is 11.8. The third-order valence-corrected chi connectivity index (χ3v) is 4.38. The van der Waals surface area contributed by atoms with Crippen molar-refractivity contribution in [2.45, 2.75) is 19.0 Å². The minimum Gasteiger partial charge on any atom is -0.465 e. The van der Waals surface area contributed by atoms with E-state index in [9.17, 15) is 9.90 Å². The third-order valence-electron chi connectivity index (χ3n) is 3.32. The summed E-state index contributed by atoms with van der Waals surface area (Å²) in [5.74, 6) is 0. The maximum Gasteiger partial charge on any atom is 0.408 e. The molecule has 128 valence electrons. The van der Waals surface area contributed by atoms with Crippen LogP contribution in [0, 0.1) is 0 Å². The molecule has 1 unspecified atom stereocenters. The zero-order valence-electron chi connectivity index (χ0n) is 12.3. The molecule has 2 heterocycles. The zero-order valence-corrected chi connectivity index (χ0v) is 16.1. The fraction of sp³-hybridized carbons (Fsp3) is 0.267. The zero-order chi connectivity index (χ0) is 17.7. The molecule has 0 radical (unpaired) electrons. The summed E-state index contributed by atoms with van der Waals surface area (Å²) in [6.07, 6.45) is 1.10. The molecule has 0 aliphatic heterocycles. The fourth-order valence-corrected chi connectivity index (χ4v) is 3.35. The maximum absolute atomic E-state index is 11.8. The topological polar surface area (TPSA) is 66.3 Å². The van der Waals surface area contributed by atoms with E-state index in [2.05, 4.69) is 25.9 Å². The summed E-state index contributed by atoms with van der Waals surface area (Å²) in [6.45, 7) is 0.123. The van der Waals surface area contributed by atoms with Gasteiger partial charge in [0.2, 0.25) is 0 Å². The number of alkyl halides is 1. The molecule has 2 aromatic rings. The molecule has 0 bridgehead atoms. The highest BCUT2D eigenvalue weighted by atomic mass is 79.9. The number of halogens is 4. The first-order valence-electron chi connectivity index (χ1n) is 6.89. The van der Waals surface area contributed by atoms with Gasteiger partial charge in [-0.25, -0.2) is 14.8 Å². The molecule has 0 aliphatic rings. The monoisotopic (exact) mass is 451 g/mol. The molecular weight excluding hydrogens is 440 g/mol. The molecule has 0 aliphatic carbocycles. The number of hydrogen-bond acceptors (Lipinski definition) is 3. The Kier molecular flexibility index (Phi) is 7.10. The number of carboxylic acid groups (broad SMARTS) is 1. The fourth-order valence-electron chi connectivity index (χ4n) is 2.30. The van der Waals surface area contributed by atoms with Gasteiger partial charge in [-0.1, -0.05) is 56.8 Å². The molecule has 1 N–H and O–H groups in total. The number of rotatable bonds is 6. The molecule has 9 heteroatoms. The van der Waals surface area contributed by atoms with Crippen LogP contribution in [0.4, 0.5) is 4.79 Å². The molecule has 0 aromatic carbocycles. The predicted octanol–water partition coefficient (Wildman–Crippen LogP) is 5.44. The van der Waals surface area contributed by atoms with Crippen LogP contribution in [0.25, 0.3) is 0 Å². The lowest BCUT2D eigenvalue weighted by Crippen LogP contribution is -2.33. The molecule has 2 rings (SSSR count). The van der Waals surface area contributed by atoms with Crippen LogP contribution in [-0.4, -0.2) is 31.4 Å². The van der Waals surface area contributed by atoms with Gasteiger partial charge in [-0.15, -0.1) is 0 Å². The molecule has 24 heavy (non-hydrogen) atoms. The SMILES string of the molecule is O=C(O)N(Cc1cc(Cl)nc(Cl)c1)C(CCBr)c1ccc(Cl)nc1. The Labute approximate surface area is 162 Å². The molecule has 0 spiro atoms. The highest BCUT2D eigenvalue weighted by Crippen LogP contribution is 2.28. The summed E-state index contributed by atoms with van der Waals surface area (Å²) < 4.78 is 0. The van der Waals surface area contributed by atoms with Gasteiger partial charge in [0.1, 0.15) is 15.5 Å². The Bertz CT molecular complexity index is 695. The third kappa shape index (κ3) is 5.21. The number of amides is 1. The van der Waals surface area contributed by atoms with E-state index in [0.717, 1.165) is 5.56 Å². The second kappa shape index (κ2) is 8.85. The highest BCUT2D eigenvalue weighted by molar-refractivity contribution is 9.09. The van der Waals surface area contributed by atoms with Gasteiger partial charge in [0, 0.05) is 18.1 Å². The lowest BCUT2D eigenvalue weighted by molar-refractivity contribution is 0.119. The largest absolute Gasteiger partial charge is 0.465 e. The van der Waals surface area contributed by atoms with Gasteiger partial charge < -0.3 is 5.11 Å². The first-order chi connectivity index (χ1) is 11.4. The molecule has 0 saturated heterocycles. The Morgan fingerprint density at radius 1 is 1.21 bits per heavy atom. The van der Waals surface area contributed by atoms with Crippen LogP contribution in [0.1, 0.15) is 23.6 Å². The van der Waals surface area contributed by atoms with Crippen LogP contribution in [-0.2, 0) is 6.54 Å². The first kappa shape index (κ1) is 19.2. The smallest absolute Gasteiger partial charge is 0.408 e. The summed E-state index contributed by atoms with van der Waals surface area (Å²) in [7, 11) is 0. The number of carbonyl (C=O) groups is 1. The van der Waals surface area contributed by atoms with Crippen molar-refractivity contribution >= 4 is 56.8 Å². The minimum absolute atomic E-state index is 0.123. The van der Waals surface area contributed by atoms with Crippen LogP contribution in [0.3, 0.4) is 0 Å². The summed E-state index contributed by atoms with van der Waals surface area (Å²) in [4.78, 5) is 21.0. The molecule has 1 atom stereocenters. The van der Waals surface area contributed by atoms with Gasteiger partial charge in [-0.3, -0.25) is 4.90 Å². The quantitative estimate of drug-likeness (QED) is 0.467. The lowest BCUT2D eigenvalue weighted by atomic mass is 10.0. The Morgan fingerprint density at radius 2 is 1.88 bits per heavy atom. The Balaban J connectivity index is 2.34. The summed E-state index contributed by atoms with van der Waals surface area (Å²) in [5, 5.41) is 11.1. The van der Waals surface area contributed by atoms with Crippen molar-refractivity contribution in [2.75, 3.05) is 5.33 Å². The van der Waals surface area contributed by atoms with Crippen molar-refractivity contribution < 1.29 is 9.90 Å². The molecule has 0 fully saturated rings. The summed E-state index contributed by atoms with van der Waals surface area (Å²) in [5.41, 5.74) is 1.41. The highest BCUT2D eigenvalue weighted by Gasteiger charge is 2.25. The van der Waals surface area contributed by atoms with E-state index >= 15 is 0 Å². The second-order valence-corrected chi connectivity index (χ2v) is 6.89. The second-order valence-electron chi connectivity index (χ2n) is 4.94. The van der Waals surface area contributed by atoms with E-state index in [1.807, 2.05) is 0 Å². The van der Waals surface area contributed by atoms with Gasteiger partial charge in [0.05, 0.1) is 6.04 Å². The van der Waals surface area contributed by atoms with Crippen LogP contribution >= 0.6 is 50.7 Å². The Hall–Kier alpha value is -1.08. The van der Waals surface area contributed by atoms with Crippen molar-refractivity contribution in [3.63, 3.8) is 0 Å². The van der Waals surface area contributed by atoms with Crippen LogP contribution in [0.15, 0.2) is 30.5 Å². The average Bonchev–Trinajstić information content (AvgIpc) is 2.50. The van der Waals surface area contributed by atoms with Crippen LogP contribution < -0.4 is 0 Å². The first-order valence-corrected chi connectivity index (χ1v) is 9.15. The van der Waals surface area contributed by atoms with Crippen molar-refractivity contribution in [3.8, 4) is 0 Å². The number of pyridine rings is 2. The normalized spacial score (nSPS) is 12.0. The number of aromatic nitrogens is 2. The van der Waals surface area contributed by atoms with E-state index < -0.39 is 12.1 Å². The Morgan fingerprint density at radius 3 is 2.38 bits per heavy atom. The van der Waals surface area contributed by atoms with E-state index in [1.165, 1.54) is 4.90 Å². The van der Waals surface area contributed by atoms with Gasteiger partial charge >= 0.3 is 6.09 Å². The average molecular weight is 454 g/mol. The van der Waals surface area contributed by atoms with E-state index in [1.54, 1.807) is 30.5 Å². The van der Waals surface area contributed by atoms with Crippen LogP contribution in [0.2, 0.25) is 15.5 Å². The van der Waals surface area contributed by atoms with E-state index in [-0.39, 0.29) is 16.9 Å². The van der Waals surface area contributed by atoms with Crippen molar-refractivity contribution in [2.24, 2.45) is 0 Å². The molecular formula is C15H13BrCl3N3O2. The molecule has 1 amide bonds. The predicted molar refractivity (Wildman–Crippen MR) is 98.2 cm³/mol. The molecule has 5 nitrogen and oxygen atoms in total. The van der Waals surface area contributed by atoms with Crippen molar-refractivity contribution in [1.29, 1.82) is 0 Å². The van der Waals surface area contributed by atoms with Crippen molar-refractivity contribution in [1.82, 2.24) is 14.9 Å². The summed E-state index contributed by atoms with van der Waals surface area (Å²) in [6, 6.07) is 6.20. The number of nitrogens with zero attached hydrogens (tertiary/aromatic N) is 3. The lowest BCUT2D eigenvalue weighted by Gasteiger charge is -2.29. The minimum atomic E-state index is -1.06. The van der Waals surface area contributed by atoms with Crippen LogP contribution in [0.5, 0.6) is 0 Å². The molecule has 2 aromatic heterocycles. The van der Waals surface area contributed by atoms with Gasteiger partial charge in [0.25, 0.3) is 0 Å². The standard InChI is InChI=1S/C15H13BrCl3N3O2/c16-4-3-11(10-1-2-12(17)20-7-10)22(15(23)24)8-9-5-13(18)21-14(19)6-9/h1-2,5-7,11H,3-4,8H2,(H,23,24). The van der Waals surface area contributed by atoms with Crippen molar-refractivity contribution in [3.05, 3.63) is 57.0 Å². The van der Waals surface area contributed by atoms with E-state index in [4.69, 9.17) is 34.8 Å². The summed E-state index contributed by atoms with van der Waals surface area (Å²) >= 11 is 21.0.